The van der Waals surface area contributed by atoms with E-state index in [1.54, 1.807) is 12.3 Å². The molecule has 5 rings (SSSR count). The first kappa shape index (κ1) is 16.4. The molecule has 2 N–H and O–H groups in total. The fourth-order valence-electron chi connectivity index (χ4n) is 3.52. The fraction of sp³-hybridized carbons (Fsp3) is 0.300. The molecule has 7 heteroatoms. The van der Waals surface area contributed by atoms with Gasteiger partial charge in [-0.2, -0.15) is 0 Å². The molecule has 6 nitrogen and oxygen atoms in total. The molecule has 0 bridgehead atoms. The lowest BCUT2D eigenvalue weighted by atomic mass is 9.81. The highest BCUT2D eigenvalue weighted by Crippen LogP contribution is 2.51. The van der Waals surface area contributed by atoms with Crippen LogP contribution in [0.2, 0.25) is 5.15 Å². The Hall–Kier alpha value is -2.75. The van der Waals surface area contributed by atoms with Crippen LogP contribution in [-0.2, 0) is 15.0 Å². The van der Waals surface area contributed by atoms with Gasteiger partial charge in [0.15, 0.2) is 11.3 Å². The smallest absolute Gasteiger partial charge is 0.283 e. The molecule has 1 aromatic heterocycles. The van der Waals surface area contributed by atoms with E-state index < -0.39 is 5.54 Å². The summed E-state index contributed by atoms with van der Waals surface area (Å²) >= 11 is 6.13. The van der Waals surface area contributed by atoms with E-state index in [2.05, 4.69) is 28.7 Å². The zero-order chi connectivity index (χ0) is 18.6. The topological polar surface area (TPSA) is 79.0 Å². The molecule has 1 fully saturated rings. The average Bonchev–Trinajstić information content (AvgIpc) is 3.02. The van der Waals surface area contributed by atoms with E-state index in [4.69, 9.17) is 31.5 Å². The molecular weight excluding hydrogens is 366 g/mol. The normalized spacial score (nSPS) is 23.7. The van der Waals surface area contributed by atoms with Gasteiger partial charge in [0.2, 0.25) is 0 Å². The number of rotatable bonds is 0. The lowest BCUT2D eigenvalue weighted by Crippen LogP contribution is -2.38. The van der Waals surface area contributed by atoms with E-state index in [1.807, 2.05) is 18.2 Å². The van der Waals surface area contributed by atoms with E-state index in [1.165, 1.54) is 0 Å². The molecule has 3 aliphatic heterocycles. The third kappa shape index (κ3) is 2.54. The second-order valence-corrected chi connectivity index (χ2v) is 7.61. The number of nitrogens with two attached hydrogens (primary N) is 1. The fourth-order valence-corrected chi connectivity index (χ4v) is 3.67. The standard InChI is InChI=1S/C20H16ClN3O3/c1-19(9-25-10-19)5-4-12-2-3-15-13(6-12)20(11-26-18(22)24-20)14-7-17(21)23-8-16(14)27-15/h2-3,6-8H,9-11H2,1H3,(H2,22,24). The number of amidine groups is 1. The van der Waals surface area contributed by atoms with Crippen molar-refractivity contribution in [3.05, 3.63) is 52.3 Å². The van der Waals surface area contributed by atoms with Crippen molar-refractivity contribution in [1.82, 2.24) is 4.98 Å². The quantitative estimate of drug-likeness (QED) is 0.560. The average molecular weight is 382 g/mol. The Morgan fingerprint density at radius 1 is 1.15 bits per heavy atom. The third-order valence-electron chi connectivity index (χ3n) is 5.00. The maximum Gasteiger partial charge on any atom is 0.283 e. The Kier molecular flexibility index (Phi) is 3.42. The summed E-state index contributed by atoms with van der Waals surface area (Å²) in [6.45, 7) is 3.68. The number of halogens is 1. The van der Waals surface area contributed by atoms with Crippen molar-refractivity contribution in [2.24, 2.45) is 16.1 Å². The predicted molar refractivity (Wildman–Crippen MR) is 99.9 cm³/mol. The van der Waals surface area contributed by atoms with Crippen LogP contribution in [0.4, 0.5) is 0 Å². The molecule has 136 valence electrons. The molecule has 0 saturated carbocycles. The third-order valence-corrected chi connectivity index (χ3v) is 5.21. The van der Waals surface area contributed by atoms with Crippen LogP contribution in [0.5, 0.6) is 11.5 Å². The minimum atomic E-state index is -0.819. The van der Waals surface area contributed by atoms with E-state index in [0.717, 1.165) is 16.7 Å². The van der Waals surface area contributed by atoms with Gasteiger partial charge in [0.05, 0.1) is 24.8 Å². The maximum atomic E-state index is 6.13. The zero-order valence-corrected chi connectivity index (χ0v) is 15.3. The zero-order valence-electron chi connectivity index (χ0n) is 14.6. The van der Waals surface area contributed by atoms with Crippen LogP contribution in [0.25, 0.3) is 0 Å². The van der Waals surface area contributed by atoms with Gasteiger partial charge in [0, 0.05) is 16.7 Å². The second kappa shape index (κ2) is 5.62. The highest BCUT2D eigenvalue weighted by molar-refractivity contribution is 6.29. The summed E-state index contributed by atoms with van der Waals surface area (Å²) in [5.41, 5.74) is 7.46. The van der Waals surface area contributed by atoms with E-state index >= 15 is 0 Å². The second-order valence-electron chi connectivity index (χ2n) is 7.22. The van der Waals surface area contributed by atoms with Crippen molar-refractivity contribution in [3.63, 3.8) is 0 Å². The van der Waals surface area contributed by atoms with E-state index in [-0.39, 0.29) is 18.0 Å². The molecule has 1 aromatic carbocycles. The molecule has 3 aliphatic rings. The lowest BCUT2D eigenvalue weighted by Gasteiger charge is -2.33. The lowest BCUT2D eigenvalue weighted by molar-refractivity contribution is -0.0648. The van der Waals surface area contributed by atoms with E-state index in [0.29, 0.717) is 29.9 Å². The Labute approximate surface area is 161 Å². The summed E-state index contributed by atoms with van der Waals surface area (Å²) in [6.07, 6.45) is 1.59. The molecule has 1 spiro atoms. The number of hydrogen-bond donors (Lipinski definition) is 1. The molecule has 0 aliphatic carbocycles. The molecule has 4 heterocycles. The van der Waals surface area contributed by atoms with Crippen LogP contribution in [0.1, 0.15) is 23.6 Å². The Bertz CT molecular complexity index is 1050. The molecule has 1 atom stereocenters. The monoisotopic (exact) mass is 381 g/mol. The Morgan fingerprint density at radius 2 is 1.96 bits per heavy atom. The SMILES string of the molecule is CC1(C#Cc2ccc3c(c2)C2(COC(N)=N2)c2cc(Cl)ncc2O3)COC1. The molecular formula is C20H16ClN3O3. The Morgan fingerprint density at radius 3 is 2.67 bits per heavy atom. The molecule has 0 amide bonds. The van der Waals surface area contributed by atoms with Crippen molar-refractivity contribution < 1.29 is 14.2 Å². The molecule has 1 unspecified atom stereocenters. The number of ether oxygens (including phenoxy) is 3. The minimum absolute atomic E-state index is 0.0884. The molecule has 27 heavy (non-hydrogen) atoms. The van der Waals surface area contributed by atoms with Gasteiger partial charge in [-0.15, -0.1) is 0 Å². The highest BCUT2D eigenvalue weighted by atomic mass is 35.5. The number of fused-ring (bicyclic) bond motifs is 4. The van der Waals surface area contributed by atoms with Gasteiger partial charge >= 0.3 is 0 Å². The highest BCUT2D eigenvalue weighted by Gasteiger charge is 2.47. The van der Waals surface area contributed by atoms with Crippen molar-refractivity contribution in [2.45, 2.75) is 12.5 Å². The van der Waals surface area contributed by atoms with Gasteiger partial charge in [-0.1, -0.05) is 23.4 Å². The van der Waals surface area contributed by atoms with Crippen molar-refractivity contribution >= 4 is 17.6 Å². The van der Waals surface area contributed by atoms with Crippen LogP contribution in [-0.4, -0.2) is 30.8 Å². The number of pyridine rings is 1. The molecule has 1 saturated heterocycles. The number of hydrogen-bond acceptors (Lipinski definition) is 6. The first-order chi connectivity index (χ1) is 13.0. The van der Waals surface area contributed by atoms with Crippen LogP contribution >= 0.6 is 11.6 Å². The van der Waals surface area contributed by atoms with Crippen molar-refractivity contribution in [1.29, 1.82) is 0 Å². The first-order valence-corrected chi connectivity index (χ1v) is 8.93. The minimum Gasteiger partial charge on any atom is -0.462 e. The number of aromatic nitrogens is 1. The van der Waals surface area contributed by atoms with Gasteiger partial charge < -0.3 is 19.9 Å². The van der Waals surface area contributed by atoms with Gasteiger partial charge in [-0.05, 0) is 31.2 Å². The number of aliphatic imine (C=N–C) groups is 1. The van der Waals surface area contributed by atoms with Crippen LogP contribution in [0.3, 0.4) is 0 Å². The number of benzene rings is 1. The van der Waals surface area contributed by atoms with Gasteiger partial charge in [-0.25, -0.2) is 9.98 Å². The van der Waals surface area contributed by atoms with Crippen molar-refractivity contribution in [3.8, 4) is 23.3 Å². The Balaban J connectivity index is 1.66. The maximum absolute atomic E-state index is 6.13. The van der Waals surface area contributed by atoms with Gasteiger partial charge in [-0.3, -0.25) is 0 Å². The number of nitrogens with zero attached hydrogens (tertiary/aromatic N) is 2. The first-order valence-electron chi connectivity index (χ1n) is 8.55. The summed E-state index contributed by atoms with van der Waals surface area (Å²) in [7, 11) is 0. The van der Waals surface area contributed by atoms with Crippen molar-refractivity contribution in [2.75, 3.05) is 19.8 Å². The van der Waals surface area contributed by atoms with E-state index in [9.17, 15) is 0 Å². The van der Waals surface area contributed by atoms with Crippen LogP contribution in [0, 0.1) is 17.3 Å². The summed E-state index contributed by atoms with van der Waals surface area (Å²) in [4.78, 5) is 8.73. The predicted octanol–water partition coefficient (Wildman–Crippen LogP) is 2.82. The van der Waals surface area contributed by atoms with Crippen LogP contribution < -0.4 is 10.5 Å². The summed E-state index contributed by atoms with van der Waals surface area (Å²) < 4.78 is 16.8. The van der Waals surface area contributed by atoms with Gasteiger partial charge in [0.1, 0.15) is 17.5 Å². The summed E-state index contributed by atoms with van der Waals surface area (Å²) in [5.74, 6) is 7.81. The molecule has 2 aromatic rings. The van der Waals surface area contributed by atoms with Crippen LogP contribution in [0.15, 0.2) is 35.5 Å². The largest absolute Gasteiger partial charge is 0.462 e. The molecule has 0 radical (unpaired) electrons. The summed E-state index contributed by atoms with van der Waals surface area (Å²) in [6, 6.07) is 7.68. The summed E-state index contributed by atoms with van der Waals surface area (Å²) in [5, 5.41) is 0.356. The van der Waals surface area contributed by atoms with Gasteiger partial charge in [0.25, 0.3) is 6.02 Å².